The third-order valence-corrected chi connectivity index (χ3v) is 4.26. The highest BCUT2D eigenvalue weighted by Crippen LogP contribution is 2.25. The Bertz CT molecular complexity index is 717. The summed E-state index contributed by atoms with van der Waals surface area (Å²) in [5.74, 6) is 4.43. The number of nitrogens with zero attached hydrogens (tertiary/aromatic N) is 2. The van der Waals surface area contributed by atoms with E-state index in [-0.39, 0.29) is 0 Å². The molecule has 0 amide bonds. The second-order valence-corrected chi connectivity index (χ2v) is 5.85. The molecule has 0 radical (unpaired) electrons. The fourth-order valence-electron chi connectivity index (χ4n) is 2.63. The molecule has 0 spiro atoms. The molecule has 0 fully saturated rings. The summed E-state index contributed by atoms with van der Waals surface area (Å²) in [4.78, 5) is 17.1. The normalized spacial score (nSPS) is 13.6. The maximum Gasteiger partial charge on any atom is 0.359 e. The van der Waals surface area contributed by atoms with Crippen LogP contribution in [0.25, 0.3) is 5.69 Å². The zero-order valence-electron chi connectivity index (χ0n) is 13.2. The zero-order chi connectivity index (χ0) is 16.9. The molecule has 3 N–H and O–H groups in total. The van der Waals surface area contributed by atoms with Crippen molar-refractivity contribution in [2.45, 2.75) is 24.8 Å². The summed E-state index contributed by atoms with van der Waals surface area (Å²) < 4.78 is 11.5. The Morgan fingerprint density at radius 2 is 2.21 bits per heavy atom. The van der Waals surface area contributed by atoms with Gasteiger partial charge in [0.15, 0.2) is 5.69 Å². The number of aromatic nitrogens is 2. The van der Waals surface area contributed by atoms with Gasteiger partial charge in [0, 0.05) is 30.0 Å². The monoisotopic (exact) mass is 350 g/mol. The van der Waals surface area contributed by atoms with E-state index >= 15 is 0 Å². The number of fused-ring (bicyclic) bond motifs is 1. The number of ether oxygens (including phenoxy) is 1. The predicted molar refractivity (Wildman–Crippen MR) is 87.1 cm³/mol. The molecule has 24 heavy (non-hydrogen) atoms. The second-order valence-electron chi connectivity index (χ2n) is 5.07. The number of benzene rings is 1. The molecule has 0 aliphatic carbocycles. The van der Waals surface area contributed by atoms with Crippen LogP contribution in [0.1, 0.15) is 28.7 Å². The van der Waals surface area contributed by atoms with Gasteiger partial charge in [-0.25, -0.2) is 9.48 Å². The molecule has 0 saturated heterocycles. The topological polar surface area (TPSA) is 101 Å². The van der Waals surface area contributed by atoms with Crippen LogP contribution in [-0.2, 0) is 27.0 Å². The molecule has 2 aromatic rings. The first kappa shape index (κ1) is 16.9. The van der Waals surface area contributed by atoms with Crippen molar-refractivity contribution in [1.82, 2.24) is 15.1 Å². The Morgan fingerprint density at radius 3 is 2.92 bits per heavy atom. The van der Waals surface area contributed by atoms with Crippen LogP contribution in [0.2, 0.25) is 0 Å². The molecule has 0 saturated carbocycles. The maximum absolute atomic E-state index is 12.2. The molecular formula is C15H18N4O4S. The number of esters is 1. The first-order valence-corrected chi connectivity index (χ1v) is 8.28. The van der Waals surface area contributed by atoms with Crippen molar-refractivity contribution in [3.8, 4) is 5.69 Å². The van der Waals surface area contributed by atoms with Gasteiger partial charge < -0.3 is 10.1 Å². The quantitative estimate of drug-likeness (QED) is 0.350. The van der Waals surface area contributed by atoms with Gasteiger partial charge in [-0.1, -0.05) is 0 Å². The van der Waals surface area contributed by atoms with Gasteiger partial charge in [0.2, 0.25) is 0 Å². The molecular weight excluding hydrogens is 332 g/mol. The maximum atomic E-state index is 12.2. The summed E-state index contributed by atoms with van der Waals surface area (Å²) in [5.41, 5.74) is 3.16. The van der Waals surface area contributed by atoms with Crippen molar-refractivity contribution < 1.29 is 18.9 Å². The van der Waals surface area contributed by atoms with E-state index in [9.17, 15) is 4.79 Å². The van der Waals surface area contributed by atoms with E-state index in [2.05, 4.69) is 19.7 Å². The SMILES string of the molecule is CCOC(=O)c1nn(-c2ccc(SOON)cc2)c2c1CNCC2. The summed E-state index contributed by atoms with van der Waals surface area (Å²) in [6.45, 7) is 3.56. The number of hydrogen-bond acceptors (Lipinski definition) is 8. The lowest BCUT2D eigenvalue weighted by Gasteiger charge is -2.15. The van der Waals surface area contributed by atoms with Gasteiger partial charge in [0.25, 0.3) is 0 Å². The van der Waals surface area contributed by atoms with Gasteiger partial charge in [-0.15, -0.1) is 9.32 Å². The Hall–Kier alpha value is -1.91. The number of nitrogens with two attached hydrogens (primary N) is 1. The van der Waals surface area contributed by atoms with Crippen molar-refractivity contribution in [3.05, 3.63) is 41.2 Å². The summed E-state index contributed by atoms with van der Waals surface area (Å²) in [6.07, 6.45) is 0.794. The zero-order valence-corrected chi connectivity index (χ0v) is 14.0. The molecule has 1 aromatic heterocycles. The minimum absolute atomic E-state index is 0.322. The lowest BCUT2D eigenvalue weighted by Crippen LogP contribution is -2.25. The van der Waals surface area contributed by atoms with E-state index in [0.29, 0.717) is 18.8 Å². The highest BCUT2D eigenvalue weighted by molar-refractivity contribution is 7.94. The minimum Gasteiger partial charge on any atom is -0.461 e. The molecule has 0 bridgehead atoms. The highest BCUT2D eigenvalue weighted by atomic mass is 32.2. The summed E-state index contributed by atoms with van der Waals surface area (Å²) in [6, 6.07) is 7.51. The second kappa shape index (κ2) is 7.77. The number of hydrogen-bond donors (Lipinski definition) is 2. The van der Waals surface area contributed by atoms with Crippen molar-refractivity contribution in [3.63, 3.8) is 0 Å². The van der Waals surface area contributed by atoms with Crippen LogP contribution in [0.3, 0.4) is 0 Å². The van der Waals surface area contributed by atoms with E-state index in [4.69, 9.17) is 10.6 Å². The molecule has 1 aliphatic heterocycles. The predicted octanol–water partition coefficient (Wildman–Crippen LogP) is 1.52. The smallest absolute Gasteiger partial charge is 0.359 e. The van der Waals surface area contributed by atoms with Crippen molar-refractivity contribution in [2.24, 2.45) is 5.90 Å². The lowest BCUT2D eigenvalue weighted by molar-refractivity contribution is -0.195. The molecule has 3 rings (SSSR count). The first-order valence-electron chi connectivity index (χ1n) is 7.53. The van der Waals surface area contributed by atoms with Gasteiger partial charge in [0.05, 0.1) is 30.0 Å². The fourth-order valence-corrected chi connectivity index (χ4v) is 2.99. The average molecular weight is 350 g/mol. The molecule has 2 heterocycles. The number of carbonyl (C=O) groups excluding carboxylic acids is 1. The summed E-state index contributed by atoms with van der Waals surface area (Å²) in [5, 5.41) is 7.76. The lowest BCUT2D eigenvalue weighted by atomic mass is 10.1. The Balaban J connectivity index is 1.94. The van der Waals surface area contributed by atoms with Crippen LogP contribution < -0.4 is 11.2 Å². The van der Waals surface area contributed by atoms with Gasteiger partial charge in [-0.2, -0.15) is 11.0 Å². The molecule has 8 nitrogen and oxygen atoms in total. The Labute approximate surface area is 143 Å². The standard InChI is InChI=1S/C15H18N4O4S/c1-2-21-15(20)14-12-9-17-8-7-13(12)19(18-14)10-3-5-11(6-4-10)24-23-22-16/h3-6,17H,2,7-9,16H2,1H3. The fraction of sp³-hybridized carbons (Fsp3) is 0.333. The van der Waals surface area contributed by atoms with E-state index in [1.807, 2.05) is 24.3 Å². The van der Waals surface area contributed by atoms with Crippen molar-refractivity contribution >= 4 is 18.0 Å². The largest absolute Gasteiger partial charge is 0.461 e. The van der Waals surface area contributed by atoms with E-state index in [0.717, 1.165) is 46.8 Å². The summed E-state index contributed by atoms with van der Waals surface area (Å²) >= 11 is 1.01. The van der Waals surface area contributed by atoms with Crippen LogP contribution in [-0.4, -0.2) is 28.9 Å². The Morgan fingerprint density at radius 1 is 1.42 bits per heavy atom. The molecule has 9 heteroatoms. The Kier molecular flexibility index (Phi) is 5.48. The van der Waals surface area contributed by atoms with Gasteiger partial charge >= 0.3 is 5.97 Å². The van der Waals surface area contributed by atoms with Gasteiger partial charge in [-0.05, 0) is 31.2 Å². The van der Waals surface area contributed by atoms with Crippen LogP contribution >= 0.6 is 12.0 Å². The number of rotatable bonds is 6. The number of carbonyl (C=O) groups is 1. The molecule has 0 atom stereocenters. The third kappa shape index (κ3) is 3.45. The van der Waals surface area contributed by atoms with E-state index in [1.165, 1.54) is 0 Å². The summed E-state index contributed by atoms with van der Waals surface area (Å²) in [7, 11) is 0. The number of nitrogens with one attached hydrogen (secondary N) is 1. The average Bonchev–Trinajstić information content (AvgIpc) is 3.00. The van der Waals surface area contributed by atoms with Crippen molar-refractivity contribution in [1.29, 1.82) is 0 Å². The van der Waals surface area contributed by atoms with E-state index in [1.54, 1.807) is 11.6 Å². The molecule has 1 aliphatic rings. The van der Waals surface area contributed by atoms with Gasteiger partial charge in [0.1, 0.15) is 0 Å². The highest BCUT2D eigenvalue weighted by Gasteiger charge is 2.26. The third-order valence-electron chi connectivity index (χ3n) is 3.65. The van der Waals surface area contributed by atoms with Crippen LogP contribution in [0.15, 0.2) is 29.2 Å². The van der Waals surface area contributed by atoms with E-state index < -0.39 is 5.97 Å². The molecule has 128 valence electrons. The van der Waals surface area contributed by atoms with Gasteiger partial charge in [-0.3, -0.25) is 0 Å². The van der Waals surface area contributed by atoms with Crippen molar-refractivity contribution in [2.75, 3.05) is 13.2 Å². The van der Waals surface area contributed by atoms with Crippen LogP contribution in [0, 0.1) is 0 Å². The molecule has 1 aromatic carbocycles. The van der Waals surface area contributed by atoms with Crippen LogP contribution in [0.5, 0.6) is 0 Å². The van der Waals surface area contributed by atoms with Crippen LogP contribution in [0.4, 0.5) is 0 Å². The minimum atomic E-state index is -0.392. The first-order chi connectivity index (χ1) is 11.7. The molecule has 0 unspecified atom stereocenters.